The van der Waals surface area contributed by atoms with E-state index in [1.54, 1.807) is 24.3 Å². The molecule has 0 atom stereocenters. The maximum atomic E-state index is 13.0. The molecule has 3 aromatic rings. The third kappa shape index (κ3) is 4.96. The number of nitrogens with zero attached hydrogens (tertiary/aromatic N) is 3. The second-order valence-corrected chi connectivity index (χ2v) is 9.95. The zero-order chi connectivity index (χ0) is 22.7. The van der Waals surface area contributed by atoms with Crippen LogP contribution in [0, 0.1) is 0 Å². The van der Waals surface area contributed by atoms with E-state index in [0.29, 0.717) is 29.5 Å². The number of carbonyl (C=O) groups is 1. The molecule has 1 saturated heterocycles. The fourth-order valence-corrected chi connectivity index (χ4v) is 5.46. The molecule has 4 rings (SSSR count). The molecular formula is C21H19Cl2N3O5S. The van der Waals surface area contributed by atoms with E-state index >= 15 is 0 Å². The van der Waals surface area contributed by atoms with Crippen LogP contribution in [-0.4, -0.2) is 41.9 Å². The van der Waals surface area contributed by atoms with Gasteiger partial charge < -0.3 is 9.26 Å². The summed E-state index contributed by atoms with van der Waals surface area (Å²) in [6, 6.07) is 10.9. The topological polar surface area (TPSA) is 103 Å². The van der Waals surface area contributed by atoms with Crippen LogP contribution >= 0.6 is 23.2 Å². The van der Waals surface area contributed by atoms with Gasteiger partial charge in [0.05, 0.1) is 10.6 Å². The number of ether oxygens (including phenoxy) is 1. The summed E-state index contributed by atoms with van der Waals surface area (Å²) < 4.78 is 37.7. The number of carbonyl (C=O) groups excluding carboxylic acids is 1. The highest BCUT2D eigenvalue weighted by Gasteiger charge is 2.29. The van der Waals surface area contributed by atoms with Crippen molar-refractivity contribution in [3.8, 4) is 11.4 Å². The van der Waals surface area contributed by atoms with Gasteiger partial charge in [-0.05, 0) is 55.3 Å². The Bertz CT molecular complexity index is 1220. The first-order valence-electron chi connectivity index (χ1n) is 9.90. The summed E-state index contributed by atoms with van der Waals surface area (Å²) in [4.78, 5) is 16.6. The van der Waals surface area contributed by atoms with Crippen molar-refractivity contribution < 1.29 is 22.5 Å². The number of esters is 1. The lowest BCUT2D eigenvalue weighted by atomic mass is 10.2. The number of piperidine rings is 1. The zero-order valence-corrected chi connectivity index (χ0v) is 19.2. The molecule has 1 aliphatic rings. The lowest BCUT2D eigenvalue weighted by Crippen LogP contribution is -2.35. The van der Waals surface area contributed by atoms with Crippen molar-refractivity contribution in [2.45, 2.75) is 30.8 Å². The van der Waals surface area contributed by atoms with Crippen LogP contribution in [0.5, 0.6) is 0 Å². The first-order chi connectivity index (χ1) is 15.3. The van der Waals surface area contributed by atoms with Crippen molar-refractivity contribution >= 4 is 39.2 Å². The molecule has 1 aromatic heterocycles. The number of sulfonamides is 1. The minimum absolute atomic E-state index is 0.0524. The Morgan fingerprint density at radius 3 is 2.50 bits per heavy atom. The van der Waals surface area contributed by atoms with Crippen LogP contribution in [0.4, 0.5) is 0 Å². The van der Waals surface area contributed by atoms with E-state index in [1.807, 2.05) is 0 Å². The minimum Gasteiger partial charge on any atom is -0.452 e. The fraction of sp³-hybridized carbons (Fsp3) is 0.286. The van der Waals surface area contributed by atoms with Crippen molar-refractivity contribution in [3.63, 3.8) is 0 Å². The summed E-state index contributed by atoms with van der Waals surface area (Å²) in [6.07, 6.45) is 2.57. The van der Waals surface area contributed by atoms with Crippen LogP contribution in [-0.2, 0) is 21.4 Å². The second-order valence-electron chi connectivity index (χ2n) is 7.20. The predicted octanol–water partition coefficient (Wildman–Crippen LogP) is 4.58. The third-order valence-corrected chi connectivity index (χ3v) is 7.63. The molecule has 0 bridgehead atoms. The summed E-state index contributed by atoms with van der Waals surface area (Å²) in [6.45, 7) is 0.594. The normalized spacial score (nSPS) is 14.9. The molecule has 0 saturated carbocycles. The Morgan fingerprint density at radius 2 is 1.78 bits per heavy atom. The van der Waals surface area contributed by atoms with Gasteiger partial charge in [-0.15, -0.1) is 0 Å². The molecule has 1 aliphatic heterocycles. The largest absolute Gasteiger partial charge is 0.452 e. The Hall–Kier alpha value is -2.46. The van der Waals surface area contributed by atoms with E-state index in [4.69, 9.17) is 32.5 Å². The van der Waals surface area contributed by atoms with Crippen molar-refractivity contribution in [1.82, 2.24) is 14.4 Å². The number of hydrogen-bond acceptors (Lipinski definition) is 7. The minimum atomic E-state index is -3.80. The summed E-state index contributed by atoms with van der Waals surface area (Å²) in [7, 11) is -3.80. The molecule has 11 heteroatoms. The van der Waals surface area contributed by atoms with Gasteiger partial charge in [0, 0.05) is 23.7 Å². The van der Waals surface area contributed by atoms with Gasteiger partial charge in [0.2, 0.25) is 15.8 Å². The maximum Gasteiger partial charge on any atom is 0.338 e. The molecule has 32 heavy (non-hydrogen) atoms. The summed E-state index contributed by atoms with van der Waals surface area (Å²) in [5, 5.41) is 4.49. The van der Waals surface area contributed by atoms with Gasteiger partial charge in [-0.25, -0.2) is 13.2 Å². The maximum absolute atomic E-state index is 13.0. The fourth-order valence-electron chi connectivity index (χ4n) is 3.31. The number of benzene rings is 2. The summed E-state index contributed by atoms with van der Waals surface area (Å²) in [5.41, 5.74) is 0.753. The molecule has 2 aromatic carbocycles. The van der Waals surface area contributed by atoms with E-state index in [-0.39, 0.29) is 28.0 Å². The highest BCUT2D eigenvalue weighted by atomic mass is 35.5. The second kappa shape index (κ2) is 9.58. The molecular weight excluding hydrogens is 477 g/mol. The molecule has 0 N–H and O–H groups in total. The predicted molar refractivity (Wildman–Crippen MR) is 118 cm³/mol. The standard InChI is InChI=1S/C21H19Cl2N3O5S/c22-16-7-4-14(5-8-16)20-24-19(31-25-20)13-30-21(27)15-6-9-17(23)18(12-15)32(28,29)26-10-2-1-3-11-26/h4-9,12H,1-3,10-11,13H2. The Morgan fingerprint density at radius 1 is 1.06 bits per heavy atom. The Balaban J connectivity index is 1.46. The number of rotatable bonds is 6. The SMILES string of the molecule is O=C(OCc1nc(-c2ccc(Cl)cc2)no1)c1ccc(Cl)c(S(=O)(=O)N2CCCCC2)c1. The molecule has 168 valence electrons. The van der Waals surface area contributed by atoms with E-state index in [9.17, 15) is 13.2 Å². The summed E-state index contributed by atoms with van der Waals surface area (Å²) >= 11 is 12.0. The summed E-state index contributed by atoms with van der Waals surface area (Å²) in [5.74, 6) is -0.310. The van der Waals surface area contributed by atoms with E-state index in [2.05, 4.69) is 10.1 Å². The first-order valence-corrected chi connectivity index (χ1v) is 12.1. The number of aromatic nitrogens is 2. The van der Waals surface area contributed by atoms with Gasteiger partial charge in [0.25, 0.3) is 5.89 Å². The van der Waals surface area contributed by atoms with Crippen LogP contribution in [0.1, 0.15) is 35.5 Å². The third-order valence-electron chi connectivity index (χ3n) is 5.00. The lowest BCUT2D eigenvalue weighted by molar-refractivity contribution is 0.0429. The van der Waals surface area contributed by atoms with E-state index in [0.717, 1.165) is 19.3 Å². The van der Waals surface area contributed by atoms with Crippen molar-refractivity contribution in [2.24, 2.45) is 0 Å². The molecule has 8 nitrogen and oxygen atoms in total. The average molecular weight is 496 g/mol. The van der Waals surface area contributed by atoms with Crippen LogP contribution in [0.3, 0.4) is 0 Å². The molecule has 0 amide bonds. The van der Waals surface area contributed by atoms with Gasteiger partial charge in [-0.3, -0.25) is 0 Å². The number of halogens is 2. The molecule has 0 aliphatic carbocycles. The highest BCUT2D eigenvalue weighted by molar-refractivity contribution is 7.89. The van der Waals surface area contributed by atoms with Gasteiger partial charge in [0.1, 0.15) is 4.90 Å². The van der Waals surface area contributed by atoms with Crippen molar-refractivity contribution in [2.75, 3.05) is 13.1 Å². The monoisotopic (exact) mass is 495 g/mol. The zero-order valence-electron chi connectivity index (χ0n) is 16.8. The Kier molecular flexibility index (Phi) is 6.80. The molecule has 0 radical (unpaired) electrons. The molecule has 2 heterocycles. The first kappa shape index (κ1) is 22.7. The van der Waals surface area contributed by atoms with E-state index < -0.39 is 16.0 Å². The number of hydrogen-bond donors (Lipinski definition) is 0. The lowest BCUT2D eigenvalue weighted by Gasteiger charge is -2.26. The van der Waals surface area contributed by atoms with Crippen LogP contribution in [0.25, 0.3) is 11.4 Å². The molecule has 1 fully saturated rings. The van der Waals surface area contributed by atoms with Crippen LogP contribution < -0.4 is 0 Å². The van der Waals surface area contributed by atoms with Gasteiger partial charge in [-0.1, -0.05) is 34.8 Å². The smallest absolute Gasteiger partial charge is 0.338 e. The van der Waals surface area contributed by atoms with Gasteiger partial charge in [0.15, 0.2) is 6.61 Å². The van der Waals surface area contributed by atoms with Gasteiger partial charge in [-0.2, -0.15) is 9.29 Å². The van der Waals surface area contributed by atoms with Crippen LogP contribution in [0.15, 0.2) is 51.9 Å². The molecule has 0 unspecified atom stereocenters. The molecule has 0 spiro atoms. The van der Waals surface area contributed by atoms with Crippen molar-refractivity contribution in [3.05, 3.63) is 64.0 Å². The quantitative estimate of drug-likeness (QED) is 0.461. The highest BCUT2D eigenvalue weighted by Crippen LogP contribution is 2.28. The van der Waals surface area contributed by atoms with E-state index in [1.165, 1.54) is 22.5 Å². The van der Waals surface area contributed by atoms with Gasteiger partial charge >= 0.3 is 5.97 Å². The Labute approximate surface area is 195 Å². The van der Waals surface area contributed by atoms with Crippen molar-refractivity contribution in [1.29, 1.82) is 0 Å². The average Bonchev–Trinajstić information content (AvgIpc) is 3.28. The van der Waals surface area contributed by atoms with Crippen LogP contribution in [0.2, 0.25) is 10.0 Å².